The van der Waals surface area contributed by atoms with Crippen LogP contribution < -0.4 is 15.5 Å². The topological polar surface area (TPSA) is 70.2 Å². The van der Waals surface area contributed by atoms with Gasteiger partial charge in [0.25, 0.3) is 5.91 Å². The molecule has 0 spiro atoms. The average Bonchev–Trinajstić information content (AvgIpc) is 2.63. The highest BCUT2D eigenvalue weighted by Crippen LogP contribution is 2.21. The second kappa shape index (κ2) is 7.77. The van der Waals surface area contributed by atoms with E-state index >= 15 is 0 Å². The molecule has 8 heteroatoms. The van der Waals surface area contributed by atoms with Crippen LogP contribution in [-0.2, 0) is 0 Å². The molecule has 0 aliphatic carbocycles. The Morgan fingerprint density at radius 2 is 1.63 bits per heavy atom. The third-order valence-corrected chi connectivity index (χ3v) is 3.76. The first kappa shape index (κ1) is 18.2. The number of nitrogens with zero attached hydrogens (tertiary/aromatic N) is 3. The van der Waals surface area contributed by atoms with Crippen LogP contribution >= 0.6 is 0 Å². The first-order valence-corrected chi connectivity index (χ1v) is 8.06. The standard InChI is InChI=1S/C19H17F2N5O/c1-26(2)14-10-17(25-22-11-14)23-12-6-8-13(9-7-12)24-19(27)18-15(20)4-3-5-16(18)21/h3-11H,1-2H3,(H,23,25)(H,24,27). The average molecular weight is 369 g/mol. The van der Waals surface area contributed by atoms with Crippen molar-refractivity contribution in [3.63, 3.8) is 0 Å². The van der Waals surface area contributed by atoms with E-state index in [4.69, 9.17) is 0 Å². The zero-order valence-electron chi connectivity index (χ0n) is 14.7. The first-order valence-electron chi connectivity index (χ1n) is 8.06. The molecule has 0 saturated carbocycles. The smallest absolute Gasteiger partial charge is 0.261 e. The van der Waals surface area contributed by atoms with Crippen LogP contribution in [-0.4, -0.2) is 30.2 Å². The normalized spacial score (nSPS) is 10.4. The van der Waals surface area contributed by atoms with Crippen molar-refractivity contribution in [3.05, 3.63) is 71.9 Å². The zero-order valence-corrected chi connectivity index (χ0v) is 14.7. The molecule has 0 bridgehead atoms. The Balaban J connectivity index is 1.70. The van der Waals surface area contributed by atoms with Gasteiger partial charge in [0.15, 0.2) is 5.82 Å². The molecule has 1 amide bonds. The van der Waals surface area contributed by atoms with Crippen molar-refractivity contribution >= 4 is 28.8 Å². The number of nitrogens with one attached hydrogen (secondary N) is 2. The predicted octanol–water partition coefficient (Wildman–Crippen LogP) is 3.82. The zero-order chi connectivity index (χ0) is 19.4. The molecule has 3 aromatic rings. The minimum Gasteiger partial charge on any atom is -0.376 e. The summed E-state index contributed by atoms with van der Waals surface area (Å²) in [6, 6.07) is 11.8. The van der Waals surface area contributed by atoms with E-state index in [1.807, 2.05) is 25.1 Å². The lowest BCUT2D eigenvalue weighted by Crippen LogP contribution is -2.15. The molecule has 138 valence electrons. The molecule has 2 N–H and O–H groups in total. The molecule has 0 aliphatic rings. The number of rotatable bonds is 5. The monoisotopic (exact) mass is 369 g/mol. The fraction of sp³-hybridized carbons (Fsp3) is 0.105. The van der Waals surface area contributed by atoms with Crippen LogP contribution in [0.5, 0.6) is 0 Å². The van der Waals surface area contributed by atoms with Gasteiger partial charge in [0.2, 0.25) is 0 Å². The third-order valence-electron chi connectivity index (χ3n) is 3.76. The fourth-order valence-corrected chi connectivity index (χ4v) is 2.36. The van der Waals surface area contributed by atoms with Crippen molar-refractivity contribution in [1.29, 1.82) is 0 Å². The number of amides is 1. The number of hydrogen-bond acceptors (Lipinski definition) is 5. The van der Waals surface area contributed by atoms with E-state index < -0.39 is 23.1 Å². The van der Waals surface area contributed by atoms with Gasteiger partial charge >= 0.3 is 0 Å². The number of hydrogen-bond donors (Lipinski definition) is 2. The molecule has 1 aromatic heterocycles. The van der Waals surface area contributed by atoms with Gasteiger partial charge in [-0.2, -0.15) is 5.10 Å². The van der Waals surface area contributed by atoms with Gasteiger partial charge in [0, 0.05) is 31.5 Å². The summed E-state index contributed by atoms with van der Waals surface area (Å²) < 4.78 is 27.3. The van der Waals surface area contributed by atoms with Crippen molar-refractivity contribution in [2.45, 2.75) is 0 Å². The fourth-order valence-electron chi connectivity index (χ4n) is 2.36. The molecule has 0 aliphatic heterocycles. The van der Waals surface area contributed by atoms with E-state index in [0.29, 0.717) is 11.5 Å². The van der Waals surface area contributed by atoms with E-state index in [9.17, 15) is 13.6 Å². The lowest BCUT2D eigenvalue weighted by Gasteiger charge is -2.13. The van der Waals surface area contributed by atoms with Gasteiger partial charge in [-0.3, -0.25) is 4.79 Å². The second-order valence-corrected chi connectivity index (χ2v) is 5.95. The van der Waals surface area contributed by atoms with Crippen LogP contribution in [0.3, 0.4) is 0 Å². The Kier molecular flexibility index (Phi) is 5.25. The lowest BCUT2D eigenvalue weighted by molar-refractivity contribution is 0.101. The van der Waals surface area contributed by atoms with Crippen LogP contribution in [0.4, 0.5) is 31.7 Å². The molecule has 3 rings (SSSR count). The molecular weight excluding hydrogens is 352 g/mol. The lowest BCUT2D eigenvalue weighted by atomic mass is 10.1. The summed E-state index contributed by atoms with van der Waals surface area (Å²) in [7, 11) is 3.80. The summed E-state index contributed by atoms with van der Waals surface area (Å²) in [4.78, 5) is 14.0. The van der Waals surface area contributed by atoms with Crippen molar-refractivity contribution in [2.75, 3.05) is 29.6 Å². The maximum absolute atomic E-state index is 13.7. The number of carbonyl (C=O) groups excluding carboxylic acids is 1. The Hall–Kier alpha value is -3.55. The predicted molar refractivity (Wildman–Crippen MR) is 100 cm³/mol. The number of anilines is 4. The Morgan fingerprint density at radius 1 is 1.00 bits per heavy atom. The summed E-state index contributed by atoms with van der Waals surface area (Å²) in [5.74, 6) is -2.11. The number of benzene rings is 2. The van der Waals surface area contributed by atoms with Gasteiger partial charge in [-0.1, -0.05) is 6.07 Å². The quantitative estimate of drug-likeness (QED) is 0.716. The molecule has 0 atom stereocenters. The van der Waals surface area contributed by atoms with E-state index in [-0.39, 0.29) is 0 Å². The Bertz CT molecular complexity index is 940. The molecule has 1 heterocycles. The van der Waals surface area contributed by atoms with Gasteiger partial charge in [0.05, 0.1) is 11.9 Å². The molecule has 0 fully saturated rings. The molecule has 0 unspecified atom stereocenters. The second-order valence-electron chi connectivity index (χ2n) is 5.95. The summed E-state index contributed by atoms with van der Waals surface area (Å²) in [5.41, 5.74) is 1.40. The molecule has 0 saturated heterocycles. The van der Waals surface area contributed by atoms with E-state index in [2.05, 4.69) is 20.8 Å². The molecule has 2 aromatic carbocycles. The van der Waals surface area contributed by atoms with Gasteiger partial charge in [-0.25, -0.2) is 8.78 Å². The van der Waals surface area contributed by atoms with Crippen molar-refractivity contribution in [2.24, 2.45) is 0 Å². The molecular formula is C19H17F2N5O. The van der Waals surface area contributed by atoms with Crippen LogP contribution in [0, 0.1) is 11.6 Å². The third kappa shape index (κ3) is 4.35. The summed E-state index contributed by atoms with van der Waals surface area (Å²) >= 11 is 0. The summed E-state index contributed by atoms with van der Waals surface area (Å²) in [6.45, 7) is 0. The minimum absolute atomic E-state index is 0.404. The highest BCUT2D eigenvalue weighted by atomic mass is 19.1. The molecule has 6 nitrogen and oxygen atoms in total. The maximum atomic E-state index is 13.7. The minimum atomic E-state index is -0.912. The molecule has 27 heavy (non-hydrogen) atoms. The van der Waals surface area contributed by atoms with E-state index in [0.717, 1.165) is 23.5 Å². The first-order chi connectivity index (χ1) is 12.9. The summed E-state index contributed by atoms with van der Waals surface area (Å²) in [6.07, 6.45) is 1.64. The largest absolute Gasteiger partial charge is 0.376 e. The SMILES string of the molecule is CN(C)c1cnnc(Nc2ccc(NC(=O)c3c(F)cccc3F)cc2)c1. The number of aromatic nitrogens is 2. The highest BCUT2D eigenvalue weighted by Gasteiger charge is 2.17. The van der Waals surface area contributed by atoms with Crippen LogP contribution in [0.2, 0.25) is 0 Å². The van der Waals surface area contributed by atoms with Gasteiger partial charge < -0.3 is 15.5 Å². The maximum Gasteiger partial charge on any atom is 0.261 e. The van der Waals surface area contributed by atoms with Crippen LogP contribution in [0.1, 0.15) is 10.4 Å². The van der Waals surface area contributed by atoms with Gasteiger partial charge in [-0.05, 0) is 36.4 Å². The number of carbonyl (C=O) groups is 1. The number of halogens is 2. The van der Waals surface area contributed by atoms with Gasteiger partial charge in [-0.15, -0.1) is 5.10 Å². The van der Waals surface area contributed by atoms with Crippen molar-refractivity contribution in [3.8, 4) is 0 Å². The van der Waals surface area contributed by atoms with Crippen molar-refractivity contribution in [1.82, 2.24) is 10.2 Å². The highest BCUT2D eigenvalue weighted by molar-refractivity contribution is 6.04. The Morgan fingerprint density at radius 3 is 2.26 bits per heavy atom. The van der Waals surface area contributed by atoms with E-state index in [1.54, 1.807) is 30.5 Å². The van der Waals surface area contributed by atoms with Crippen LogP contribution in [0.15, 0.2) is 54.7 Å². The van der Waals surface area contributed by atoms with Crippen molar-refractivity contribution < 1.29 is 13.6 Å². The summed E-state index contributed by atoms with van der Waals surface area (Å²) in [5, 5.41) is 13.5. The van der Waals surface area contributed by atoms with Gasteiger partial charge in [0.1, 0.15) is 17.2 Å². The van der Waals surface area contributed by atoms with Crippen LogP contribution in [0.25, 0.3) is 0 Å². The Labute approximate surface area is 154 Å². The van der Waals surface area contributed by atoms with E-state index in [1.165, 1.54) is 6.07 Å². The molecule has 0 radical (unpaired) electrons.